The van der Waals surface area contributed by atoms with Gasteiger partial charge in [-0.05, 0) is 31.0 Å². The van der Waals surface area contributed by atoms with Crippen LogP contribution in [0.3, 0.4) is 0 Å². The Balaban J connectivity index is 2.72. The van der Waals surface area contributed by atoms with Crippen LogP contribution in [0.5, 0.6) is 0 Å². The molecule has 2 aromatic heterocycles. The normalized spacial score (nSPS) is 13.2. The largest absolute Gasteiger partial charge is 0.330 e. The Morgan fingerprint density at radius 1 is 1.44 bits per heavy atom. The molecule has 16 heavy (non-hydrogen) atoms. The van der Waals surface area contributed by atoms with Gasteiger partial charge in [-0.3, -0.25) is 0 Å². The van der Waals surface area contributed by atoms with Crippen molar-refractivity contribution in [3.8, 4) is 0 Å². The number of halogens is 1. The smallest absolute Gasteiger partial charge is 0.0693 e. The van der Waals surface area contributed by atoms with Gasteiger partial charge in [-0.25, -0.2) is 0 Å². The van der Waals surface area contributed by atoms with E-state index in [0.717, 1.165) is 22.5 Å². The van der Waals surface area contributed by atoms with Gasteiger partial charge >= 0.3 is 0 Å². The number of rotatable bonds is 3. The first-order chi connectivity index (χ1) is 7.70. The average Bonchev–Trinajstić information content (AvgIpc) is 2.57. The first kappa shape index (κ1) is 11.5. The van der Waals surface area contributed by atoms with E-state index < -0.39 is 0 Å². The van der Waals surface area contributed by atoms with Crippen LogP contribution in [0.15, 0.2) is 24.4 Å². The van der Waals surface area contributed by atoms with Gasteiger partial charge in [0.2, 0.25) is 0 Å². The fourth-order valence-corrected chi connectivity index (χ4v) is 2.54. The summed E-state index contributed by atoms with van der Waals surface area (Å²) in [6.07, 6.45) is 3.09. The van der Waals surface area contributed by atoms with E-state index in [1.54, 1.807) is 0 Å². The first-order valence-corrected chi connectivity index (χ1v) is 6.03. The fourth-order valence-electron chi connectivity index (χ4n) is 2.29. The highest BCUT2D eigenvalue weighted by Gasteiger charge is 2.18. The van der Waals surface area contributed by atoms with Gasteiger partial charge in [0.25, 0.3) is 0 Å². The zero-order valence-corrected chi connectivity index (χ0v) is 10.5. The standard InChI is InChI=1S/C13H17ClN2/c1-3-10(8-15)13-9(2)12(14)11-6-4-5-7-16(11)13/h4-7,10H,3,8,15H2,1-2H3. The van der Waals surface area contributed by atoms with Crippen LogP contribution in [-0.4, -0.2) is 10.9 Å². The van der Waals surface area contributed by atoms with Gasteiger partial charge in [0.1, 0.15) is 0 Å². The number of aromatic nitrogens is 1. The molecule has 0 aliphatic carbocycles. The van der Waals surface area contributed by atoms with Gasteiger partial charge in [-0.2, -0.15) is 0 Å². The van der Waals surface area contributed by atoms with Crippen LogP contribution < -0.4 is 5.73 Å². The topological polar surface area (TPSA) is 30.4 Å². The second kappa shape index (κ2) is 4.48. The second-order valence-corrected chi connectivity index (χ2v) is 4.50. The molecule has 0 saturated heterocycles. The molecule has 2 rings (SSSR count). The third-order valence-corrected chi connectivity index (χ3v) is 3.70. The monoisotopic (exact) mass is 236 g/mol. The zero-order chi connectivity index (χ0) is 11.7. The Bertz CT molecular complexity index is 498. The molecule has 0 spiro atoms. The summed E-state index contributed by atoms with van der Waals surface area (Å²) in [5.41, 5.74) is 9.31. The van der Waals surface area contributed by atoms with Crippen molar-refractivity contribution in [1.82, 2.24) is 4.40 Å². The Kier molecular flexibility index (Phi) is 3.22. The van der Waals surface area contributed by atoms with Gasteiger partial charge in [-0.1, -0.05) is 24.6 Å². The molecule has 0 aromatic carbocycles. The fraction of sp³-hybridized carbons (Fsp3) is 0.385. The van der Waals surface area contributed by atoms with Crippen molar-refractivity contribution in [2.75, 3.05) is 6.54 Å². The maximum atomic E-state index is 6.34. The van der Waals surface area contributed by atoms with Gasteiger partial charge in [0, 0.05) is 24.4 Å². The van der Waals surface area contributed by atoms with Crippen molar-refractivity contribution < 1.29 is 0 Å². The second-order valence-electron chi connectivity index (χ2n) is 4.12. The summed E-state index contributed by atoms with van der Waals surface area (Å²) < 4.78 is 2.17. The van der Waals surface area contributed by atoms with E-state index in [4.69, 9.17) is 17.3 Å². The van der Waals surface area contributed by atoms with Gasteiger partial charge in [-0.15, -0.1) is 0 Å². The van der Waals surface area contributed by atoms with Crippen molar-refractivity contribution in [1.29, 1.82) is 0 Å². The SMILES string of the molecule is CCC(CN)c1c(C)c(Cl)c2ccccn12. The van der Waals surface area contributed by atoms with Crippen LogP contribution >= 0.6 is 11.6 Å². The molecule has 0 radical (unpaired) electrons. The third kappa shape index (κ3) is 1.62. The molecule has 1 unspecified atom stereocenters. The number of fused-ring (bicyclic) bond motifs is 1. The van der Waals surface area contributed by atoms with Crippen LogP contribution in [0.2, 0.25) is 5.02 Å². The number of hydrogen-bond acceptors (Lipinski definition) is 1. The van der Waals surface area contributed by atoms with E-state index in [2.05, 4.69) is 24.4 Å². The summed E-state index contributed by atoms with van der Waals surface area (Å²) in [4.78, 5) is 0. The molecule has 3 heteroatoms. The molecule has 2 aromatic rings. The molecule has 1 atom stereocenters. The van der Waals surface area contributed by atoms with Crippen molar-refractivity contribution in [2.24, 2.45) is 5.73 Å². The number of nitrogens with zero attached hydrogens (tertiary/aromatic N) is 1. The van der Waals surface area contributed by atoms with Crippen LogP contribution in [-0.2, 0) is 0 Å². The zero-order valence-electron chi connectivity index (χ0n) is 9.70. The molecule has 2 heterocycles. The van der Waals surface area contributed by atoms with E-state index in [1.165, 1.54) is 5.69 Å². The molecule has 0 fully saturated rings. The van der Waals surface area contributed by atoms with Gasteiger partial charge < -0.3 is 10.1 Å². The molecule has 2 nitrogen and oxygen atoms in total. The quantitative estimate of drug-likeness (QED) is 0.871. The minimum absolute atomic E-state index is 0.377. The Hall–Kier alpha value is -0.990. The maximum absolute atomic E-state index is 6.34. The van der Waals surface area contributed by atoms with Gasteiger partial charge in [0.15, 0.2) is 0 Å². The lowest BCUT2D eigenvalue weighted by Crippen LogP contribution is -2.14. The minimum Gasteiger partial charge on any atom is -0.330 e. The molecule has 86 valence electrons. The van der Waals surface area contributed by atoms with Crippen LogP contribution in [0, 0.1) is 6.92 Å². The molecule has 0 bridgehead atoms. The molecular weight excluding hydrogens is 220 g/mol. The molecule has 0 aliphatic rings. The molecule has 0 aliphatic heterocycles. The van der Waals surface area contributed by atoms with Crippen molar-refractivity contribution in [2.45, 2.75) is 26.2 Å². The number of pyridine rings is 1. The van der Waals surface area contributed by atoms with Crippen LogP contribution in [0.25, 0.3) is 5.52 Å². The number of nitrogens with two attached hydrogens (primary N) is 1. The molecular formula is C13H17ClN2. The molecule has 0 saturated carbocycles. The highest BCUT2D eigenvalue weighted by molar-refractivity contribution is 6.34. The molecule has 0 amide bonds. The van der Waals surface area contributed by atoms with E-state index in [-0.39, 0.29) is 0 Å². The lowest BCUT2D eigenvalue weighted by molar-refractivity contribution is 0.645. The minimum atomic E-state index is 0.377. The van der Waals surface area contributed by atoms with Crippen molar-refractivity contribution in [3.05, 3.63) is 40.7 Å². The number of hydrogen-bond donors (Lipinski definition) is 1. The summed E-state index contributed by atoms with van der Waals surface area (Å²) in [7, 11) is 0. The molecule has 2 N–H and O–H groups in total. The summed E-state index contributed by atoms with van der Waals surface area (Å²) in [5, 5.41) is 0.850. The van der Waals surface area contributed by atoms with Crippen molar-refractivity contribution in [3.63, 3.8) is 0 Å². The highest BCUT2D eigenvalue weighted by Crippen LogP contribution is 2.33. The summed E-state index contributed by atoms with van der Waals surface area (Å²) in [6, 6.07) is 6.07. The lowest BCUT2D eigenvalue weighted by atomic mass is 10.00. The third-order valence-electron chi connectivity index (χ3n) is 3.22. The Labute approximate surface area is 101 Å². The predicted molar refractivity (Wildman–Crippen MR) is 69.2 cm³/mol. The van der Waals surface area contributed by atoms with E-state index in [1.807, 2.05) is 18.2 Å². The first-order valence-electron chi connectivity index (χ1n) is 5.65. The van der Waals surface area contributed by atoms with Crippen LogP contribution in [0.4, 0.5) is 0 Å². The summed E-state index contributed by atoms with van der Waals surface area (Å²) in [6.45, 7) is 4.89. The summed E-state index contributed by atoms with van der Waals surface area (Å²) in [5.74, 6) is 0.377. The van der Waals surface area contributed by atoms with E-state index in [9.17, 15) is 0 Å². The average molecular weight is 237 g/mol. The predicted octanol–water partition coefficient (Wildman–Crippen LogP) is 3.35. The Morgan fingerprint density at radius 3 is 2.81 bits per heavy atom. The van der Waals surface area contributed by atoms with Gasteiger partial charge in [0.05, 0.1) is 10.5 Å². The summed E-state index contributed by atoms with van der Waals surface area (Å²) >= 11 is 6.34. The van der Waals surface area contributed by atoms with Crippen LogP contribution in [0.1, 0.15) is 30.5 Å². The van der Waals surface area contributed by atoms with Crippen molar-refractivity contribution >= 4 is 17.1 Å². The highest BCUT2D eigenvalue weighted by atomic mass is 35.5. The van der Waals surface area contributed by atoms with E-state index >= 15 is 0 Å². The Morgan fingerprint density at radius 2 is 2.19 bits per heavy atom. The van der Waals surface area contributed by atoms with E-state index in [0.29, 0.717) is 12.5 Å². The maximum Gasteiger partial charge on any atom is 0.0693 e. The lowest BCUT2D eigenvalue weighted by Gasteiger charge is -2.14.